The second-order valence-corrected chi connectivity index (χ2v) is 4.63. The van der Waals surface area contributed by atoms with E-state index in [-0.39, 0.29) is 18.1 Å². The summed E-state index contributed by atoms with van der Waals surface area (Å²) in [6.45, 7) is 3.93. The van der Waals surface area contributed by atoms with Gasteiger partial charge in [-0.05, 0) is 37.6 Å². The summed E-state index contributed by atoms with van der Waals surface area (Å²) in [4.78, 5) is 30.8. The largest absolute Gasteiger partial charge is 0.477 e. The minimum absolute atomic E-state index is 0.0244. The molecule has 0 aliphatic heterocycles. The number of nitrogens with zero attached hydrogens (tertiary/aromatic N) is 2. The van der Waals surface area contributed by atoms with Crippen molar-refractivity contribution in [1.29, 1.82) is 0 Å². The number of aromatic carboxylic acids is 1. The van der Waals surface area contributed by atoms with Gasteiger partial charge in [-0.25, -0.2) is 9.78 Å². The van der Waals surface area contributed by atoms with Crippen LogP contribution in [0, 0.1) is 13.8 Å². The lowest BCUT2D eigenvalue weighted by Gasteiger charge is -2.08. The number of nitrogens with one attached hydrogen (secondary N) is 1. The molecule has 6 nitrogen and oxygen atoms in total. The minimum atomic E-state index is -1.08. The Labute approximate surface area is 121 Å². The average Bonchev–Trinajstić information content (AvgIpc) is 2.45. The molecule has 0 saturated carbocycles. The third kappa shape index (κ3) is 3.62. The van der Waals surface area contributed by atoms with E-state index in [0.29, 0.717) is 11.3 Å². The molecule has 0 spiro atoms. The van der Waals surface area contributed by atoms with Gasteiger partial charge in [-0.2, -0.15) is 0 Å². The highest BCUT2D eigenvalue weighted by atomic mass is 16.4. The lowest BCUT2D eigenvalue weighted by atomic mass is 10.1. The van der Waals surface area contributed by atoms with Gasteiger partial charge in [0.25, 0.3) is 5.91 Å². The minimum Gasteiger partial charge on any atom is -0.477 e. The summed E-state index contributed by atoms with van der Waals surface area (Å²) < 4.78 is 0. The number of hydrogen-bond acceptors (Lipinski definition) is 4. The molecule has 0 aliphatic carbocycles. The van der Waals surface area contributed by atoms with E-state index in [9.17, 15) is 9.59 Å². The van der Waals surface area contributed by atoms with E-state index < -0.39 is 5.97 Å². The first-order valence-electron chi connectivity index (χ1n) is 6.38. The molecule has 21 heavy (non-hydrogen) atoms. The second kappa shape index (κ2) is 6.13. The lowest BCUT2D eigenvalue weighted by molar-refractivity contribution is 0.0690. The zero-order valence-electron chi connectivity index (χ0n) is 11.8. The van der Waals surface area contributed by atoms with Gasteiger partial charge in [-0.15, -0.1) is 0 Å². The van der Waals surface area contributed by atoms with Crippen molar-refractivity contribution in [3.05, 3.63) is 58.7 Å². The predicted molar refractivity (Wildman–Crippen MR) is 76.1 cm³/mol. The number of amides is 1. The van der Waals surface area contributed by atoms with Crippen LogP contribution in [0.2, 0.25) is 0 Å². The topological polar surface area (TPSA) is 92.2 Å². The summed E-state index contributed by atoms with van der Waals surface area (Å²) >= 11 is 0. The van der Waals surface area contributed by atoms with Gasteiger partial charge in [0.15, 0.2) is 0 Å². The fourth-order valence-corrected chi connectivity index (χ4v) is 1.86. The molecule has 0 aromatic carbocycles. The van der Waals surface area contributed by atoms with Crippen LogP contribution in [-0.2, 0) is 6.54 Å². The maximum absolute atomic E-state index is 12.1. The number of pyridine rings is 2. The fourth-order valence-electron chi connectivity index (χ4n) is 1.86. The Bertz CT molecular complexity index is 681. The molecule has 2 aromatic heterocycles. The Balaban J connectivity index is 2.02. The second-order valence-electron chi connectivity index (χ2n) is 4.63. The van der Waals surface area contributed by atoms with Gasteiger partial charge in [0.05, 0.1) is 11.3 Å². The van der Waals surface area contributed by atoms with Gasteiger partial charge >= 0.3 is 5.97 Å². The third-order valence-electron chi connectivity index (χ3n) is 2.97. The van der Waals surface area contributed by atoms with E-state index in [1.165, 1.54) is 12.3 Å². The molecule has 0 aliphatic rings. The molecule has 0 fully saturated rings. The monoisotopic (exact) mass is 285 g/mol. The van der Waals surface area contributed by atoms with Crippen molar-refractivity contribution in [2.45, 2.75) is 20.4 Å². The molecule has 0 radical (unpaired) electrons. The number of carboxylic acids is 1. The van der Waals surface area contributed by atoms with E-state index in [1.807, 2.05) is 6.92 Å². The summed E-state index contributed by atoms with van der Waals surface area (Å²) in [6, 6.07) is 6.55. The fraction of sp³-hybridized carbons (Fsp3) is 0.200. The highest BCUT2D eigenvalue weighted by molar-refractivity contribution is 5.95. The molecule has 2 N–H and O–H groups in total. The van der Waals surface area contributed by atoms with Gasteiger partial charge in [-0.3, -0.25) is 9.78 Å². The predicted octanol–water partition coefficient (Wildman–Crippen LogP) is 1.72. The zero-order valence-corrected chi connectivity index (χ0v) is 11.8. The first-order valence-corrected chi connectivity index (χ1v) is 6.38. The molecule has 0 unspecified atom stereocenters. The van der Waals surface area contributed by atoms with Crippen molar-refractivity contribution in [1.82, 2.24) is 15.3 Å². The standard InChI is InChI=1S/C15H15N3O3/c1-9-3-5-12(10(2)18-9)14(19)17-8-11-4-6-13(15(20)21)16-7-11/h3-7H,8H2,1-2H3,(H,17,19)(H,20,21). The third-order valence-corrected chi connectivity index (χ3v) is 2.97. The number of rotatable bonds is 4. The van der Waals surface area contributed by atoms with E-state index >= 15 is 0 Å². The van der Waals surface area contributed by atoms with Gasteiger partial charge in [0, 0.05) is 18.4 Å². The van der Waals surface area contributed by atoms with Crippen LogP contribution < -0.4 is 5.32 Å². The van der Waals surface area contributed by atoms with E-state index in [4.69, 9.17) is 5.11 Å². The van der Waals surface area contributed by atoms with Gasteiger partial charge in [-0.1, -0.05) is 6.07 Å². The van der Waals surface area contributed by atoms with Crippen molar-refractivity contribution in [2.75, 3.05) is 0 Å². The van der Waals surface area contributed by atoms with Crippen molar-refractivity contribution >= 4 is 11.9 Å². The Morgan fingerprint density at radius 3 is 2.52 bits per heavy atom. The zero-order chi connectivity index (χ0) is 15.4. The molecule has 0 bridgehead atoms. The molecule has 0 atom stereocenters. The van der Waals surface area contributed by atoms with Gasteiger partial charge < -0.3 is 10.4 Å². The molecular formula is C15H15N3O3. The van der Waals surface area contributed by atoms with Crippen LogP contribution in [0.4, 0.5) is 0 Å². The van der Waals surface area contributed by atoms with Gasteiger partial charge in [0.1, 0.15) is 5.69 Å². The number of carbonyl (C=O) groups is 2. The van der Waals surface area contributed by atoms with Crippen LogP contribution in [0.25, 0.3) is 0 Å². The van der Waals surface area contributed by atoms with Crippen LogP contribution in [-0.4, -0.2) is 27.0 Å². The summed E-state index contributed by atoms with van der Waals surface area (Å²) in [5.74, 6) is -1.30. The number of hydrogen-bond donors (Lipinski definition) is 2. The van der Waals surface area contributed by atoms with Crippen LogP contribution >= 0.6 is 0 Å². The Morgan fingerprint density at radius 1 is 1.19 bits per heavy atom. The molecule has 2 heterocycles. The summed E-state index contributed by atoms with van der Waals surface area (Å²) in [6.07, 6.45) is 1.43. The molecule has 108 valence electrons. The Hall–Kier alpha value is -2.76. The highest BCUT2D eigenvalue weighted by Crippen LogP contribution is 2.07. The summed E-state index contributed by atoms with van der Waals surface area (Å²) in [7, 11) is 0. The Kier molecular flexibility index (Phi) is 4.27. The lowest BCUT2D eigenvalue weighted by Crippen LogP contribution is -2.24. The molecular weight excluding hydrogens is 270 g/mol. The number of aromatic nitrogens is 2. The molecule has 2 aromatic rings. The highest BCUT2D eigenvalue weighted by Gasteiger charge is 2.10. The Morgan fingerprint density at radius 2 is 1.95 bits per heavy atom. The van der Waals surface area contributed by atoms with E-state index in [2.05, 4.69) is 15.3 Å². The van der Waals surface area contributed by atoms with E-state index in [0.717, 1.165) is 11.3 Å². The number of aryl methyl sites for hydroxylation is 2. The molecule has 2 rings (SSSR count). The van der Waals surface area contributed by atoms with Crippen molar-refractivity contribution < 1.29 is 14.7 Å². The molecule has 1 amide bonds. The van der Waals surface area contributed by atoms with Crippen molar-refractivity contribution in [2.24, 2.45) is 0 Å². The maximum atomic E-state index is 12.1. The SMILES string of the molecule is Cc1ccc(C(=O)NCc2ccc(C(=O)O)nc2)c(C)n1. The maximum Gasteiger partial charge on any atom is 0.354 e. The van der Waals surface area contributed by atoms with E-state index in [1.54, 1.807) is 25.1 Å². The number of carbonyl (C=O) groups excluding carboxylic acids is 1. The quantitative estimate of drug-likeness (QED) is 0.892. The summed E-state index contributed by atoms with van der Waals surface area (Å²) in [5, 5.41) is 11.5. The number of carboxylic acid groups (broad SMARTS) is 1. The van der Waals surface area contributed by atoms with Crippen LogP contribution in [0.15, 0.2) is 30.5 Å². The average molecular weight is 285 g/mol. The van der Waals surface area contributed by atoms with Crippen LogP contribution in [0.5, 0.6) is 0 Å². The first-order chi connectivity index (χ1) is 9.97. The van der Waals surface area contributed by atoms with Crippen molar-refractivity contribution in [3.8, 4) is 0 Å². The normalized spacial score (nSPS) is 10.2. The van der Waals surface area contributed by atoms with Gasteiger partial charge in [0.2, 0.25) is 0 Å². The van der Waals surface area contributed by atoms with Crippen LogP contribution in [0.3, 0.4) is 0 Å². The van der Waals surface area contributed by atoms with Crippen molar-refractivity contribution in [3.63, 3.8) is 0 Å². The molecule has 6 heteroatoms. The smallest absolute Gasteiger partial charge is 0.354 e. The first kappa shape index (κ1) is 14.6. The van der Waals surface area contributed by atoms with Crippen LogP contribution in [0.1, 0.15) is 37.8 Å². The molecule has 0 saturated heterocycles. The summed E-state index contributed by atoms with van der Waals surface area (Å²) in [5.41, 5.74) is 2.76.